The summed E-state index contributed by atoms with van der Waals surface area (Å²) in [5.74, 6) is -0.286. The molecule has 2 fully saturated rings. The number of aromatic nitrogens is 3. The zero-order valence-electron chi connectivity index (χ0n) is 25.5. The molecule has 2 aliphatic heterocycles. The maximum atomic E-state index is 14.4. The highest BCUT2D eigenvalue weighted by Crippen LogP contribution is 2.40. The fraction of sp³-hybridized carbons (Fsp3) is 0.412. The van der Waals surface area contributed by atoms with Crippen LogP contribution in [0.2, 0.25) is 0 Å². The minimum Gasteiger partial charge on any atom is -0.493 e. The lowest BCUT2D eigenvalue weighted by Crippen LogP contribution is -2.46. The number of hydrogen-bond donors (Lipinski definition) is 0. The van der Waals surface area contributed by atoms with E-state index >= 15 is 0 Å². The minimum absolute atomic E-state index is 0.0650. The van der Waals surface area contributed by atoms with Gasteiger partial charge in [0.15, 0.2) is 0 Å². The van der Waals surface area contributed by atoms with Crippen molar-refractivity contribution in [1.29, 1.82) is 0 Å². The summed E-state index contributed by atoms with van der Waals surface area (Å²) >= 11 is 0. The lowest BCUT2D eigenvalue weighted by Gasteiger charge is -2.37. The van der Waals surface area contributed by atoms with Gasteiger partial charge in [-0.05, 0) is 81.3 Å². The standard InChI is InChI=1S/C34H39F2N5O3/c1-4-24(2)41-33(42)40(23-37-41)29-8-6-27(7-9-29)38-15-17-39(18-16-38)28-10-12-30(13-11-28)43-21-25-20-34(3,44-22-25)31-14-5-26(35)19-32(31)36/h5-14,19,23-25H,4,15-18,20-22H2,1-3H3/t24-,25-,34-/m1/s1. The third-order valence-electron chi connectivity index (χ3n) is 8.98. The first-order valence-corrected chi connectivity index (χ1v) is 15.3. The average Bonchev–Trinajstić information content (AvgIpc) is 3.62. The van der Waals surface area contributed by atoms with Crippen LogP contribution in [0, 0.1) is 17.6 Å². The molecule has 0 unspecified atom stereocenters. The SMILES string of the molecule is CC[C@@H](C)n1ncn(-c2ccc(N3CCN(c4ccc(OC[C@@H]5CO[C@@](C)(c6ccc(F)cc6F)C5)cc4)CC3)cc2)c1=O. The van der Waals surface area contributed by atoms with Crippen molar-refractivity contribution < 1.29 is 18.3 Å². The van der Waals surface area contributed by atoms with Gasteiger partial charge in [0.05, 0.1) is 30.5 Å². The maximum Gasteiger partial charge on any atom is 0.350 e. The fourth-order valence-corrected chi connectivity index (χ4v) is 6.17. The Morgan fingerprint density at radius 3 is 2.18 bits per heavy atom. The molecular weight excluding hydrogens is 564 g/mol. The number of piperazine rings is 1. The van der Waals surface area contributed by atoms with E-state index < -0.39 is 17.2 Å². The van der Waals surface area contributed by atoms with Crippen LogP contribution in [-0.4, -0.2) is 53.7 Å². The van der Waals surface area contributed by atoms with Gasteiger partial charge in [0.2, 0.25) is 0 Å². The summed E-state index contributed by atoms with van der Waals surface area (Å²) in [5.41, 5.74) is 2.56. The Bertz CT molecular complexity index is 1630. The molecule has 2 aliphatic rings. The molecule has 0 amide bonds. The van der Waals surface area contributed by atoms with Gasteiger partial charge in [0, 0.05) is 55.1 Å². The molecule has 6 rings (SSSR count). The number of rotatable bonds is 9. The van der Waals surface area contributed by atoms with Gasteiger partial charge < -0.3 is 19.3 Å². The predicted octanol–water partition coefficient (Wildman–Crippen LogP) is 5.94. The van der Waals surface area contributed by atoms with Crippen LogP contribution in [0.5, 0.6) is 5.75 Å². The Morgan fingerprint density at radius 1 is 0.955 bits per heavy atom. The van der Waals surface area contributed by atoms with E-state index in [9.17, 15) is 13.6 Å². The molecule has 1 aromatic heterocycles. The van der Waals surface area contributed by atoms with Gasteiger partial charge in [0.1, 0.15) is 23.7 Å². The Labute approximate surface area is 256 Å². The molecule has 4 aromatic rings. The summed E-state index contributed by atoms with van der Waals surface area (Å²) in [4.78, 5) is 17.5. The van der Waals surface area contributed by atoms with Crippen LogP contribution in [0.1, 0.15) is 45.2 Å². The van der Waals surface area contributed by atoms with Crippen molar-refractivity contribution in [1.82, 2.24) is 14.3 Å². The van der Waals surface area contributed by atoms with Crippen LogP contribution in [0.25, 0.3) is 5.69 Å². The normalized spacial score (nSPS) is 21.1. The van der Waals surface area contributed by atoms with E-state index in [2.05, 4.69) is 39.2 Å². The van der Waals surface area contributed by atoms with Crippen LogP contribution in [-0.2, 0) is 10.3 Å². The van der Waals surface area contributed by atoms with E-state index in [4.69, 9.17) is 9.47 Å². The predicted molar refractivity (Wildman–Crippen MR) is 167 cm³/mol. The lowest BCUT2D eigenvalue weighted by molar-refractivity contribution is 0.0121. The summed E-state index contributed by atoms with van der Waals surface area (Å²) in [5, 5.41) is 4.28. The molecule has 44 heavy (non-hydrogen) atoms. The van der Waals surface area contributed by atoms with Gasteiger partial charge >= 0.3 is 5.69 Å². The molecule has 0 radical (unpaired) electrons. The summed E-state index contributed by atoms with van der Waals surface area (Å²) in [7, 11) is 0. The number of anilines is 2. The lowest BCUT2D eigenvalue weighted by atomic mass is 9.89. The molecule has 3 atom stereocenters. The number of hydrogen-bond acceptors (Lipinski definition) is 6. The quantitative estimate of drug-likeness (QED) is 0.236. The molecule has 0 aliphatic carbocycles. The highest BCUT2D eigenvalue weighted by molar-refractivity contribution is 5.54. The minimum atomic E-state index is -0.795. The molecule has 0 saturated carbocycles. The second kappa shape index (κ2) is 12.4. The van der Waals surface area contributed by atoms with Gasteiger partial charge in [-0.2, -0.15) is 5.10 Å². The summed E-state index contributed by atoms with van der Waals surface area (Å²) in [6.45, 7) is 10.4. The first kappa shape index (κ1) is 29.9. The van der Waals surface area contributed by atoms with Crippen molar-refractivity contribution in [3.05, 3.63) is 101 Å². The Hall–Kier alpha value is -4.18. The molecule has 0 spiro atoms. The van der Waals surface area contributed by atoms with Crippen LogP contribution < -0.4 is 20.2 Å². The number of benzene rings is 3. The van der Waals surface area contributed by atoms with Gasteiger partial charge in [-0.3, -0.25) is 0 Å². The topological polar surface area (TPSA) is 64.8 Å². The second-order valence-corrected chi connectivity index (χ2v) is 12.0. The third-order valence-corrected chi connectivity index (χ3v) is 8.98. The largest absolute Gasteiger partial charge is 0.493 e. The molecule has 3 aromatic carbocycles. The van der Waals surface area contributed by atoms with E-state index in [1.54, 1.807) is 10.9 Å². The van der Waals surface area contributed by atoms with E-state index in [1.165, 1.54) is 16.8 Å². The van der Waals surface area contributed by atoms with Gasteiger partial charge in [-0.1, -0.05) is 13.0 Å². The highest BCUT2D eigenvalue weighted by Gasteiger charge is 2.40. The number of nitrogens with zero attached hydrogens (tertiary/aromatic N) is 5. The Balaban J connectivity index is 0.991. The maximum absolute atomic E-state index is 14.4. The summed E-state index contributed by atoms with van der Waals surface area (Å²) in [6, 6.07) is 19.9. The van der Waals surface area contributed by atoms with Crippen molar-refractivity contribution in [2.45, 2.75) is 45.3 Å². The smallest absolute Gasteiger partial charge is 0.350 e. The summed E-state index contributed by atoms with van der Waals surface area (Å²) in [6.07, 6.45) is 3.04. The highest BCUT2D eigenvalue weighted by atomic mass is 19.1. The van der Waals surface area contributed by atoms with Crippen molar-refractivity contribution in [2.24, 2.45) is 5.92 Å². The van der Waals surface area contributed by atoms with Crippen molar-refractivity contribution in [2.75, 3.05) is 49.2 Å². The van der Waals surface area contributed by atoms with Gasteiger partial charge in [-0.25, -0.2) is 22.8 Å². The van der Waals surface area contributed by atoms with Gasteiger partial charge in [-0.15, -0.1) is 0 Å². The van der Waals surface area contributed by atoms with E-state index in [-0.39, 0.29) is 17.6 Å². The van der Waals surface area contributed by atoms with Crippen molar-refractivity contribution in [3.8, 4) is 11.4 Å². The molecule has 10 heteroatoms. The third kappa shape index (κ3) is 6.08. The zero-order chi connectivity index (χ0) is 30.8. The van der Waals surface area contributed by atoms with Crippen LogP contribution in [0.4, 0.5) is 20.2 Å². The van der Waals surface area contributed by atoms with Crippen LogP contribution in [0.3, 0.4) is 0 Å². The molecule has 232 valence electrons. The fourth-order valence-electron chi connectivity index (χ4n) is 6.17. The average molecular weight is 604 g/mol. The molecule has 2 saturated heterocycles. The number of ether oxygens (including phenoxy) is 2. The van der Waals surface area contributed by atoms with Crippen molar-refractivity contribution in [3.63, 3.8) is 0 Å². The molecule has 8 nitrogen and oxygen atoms in total. The summed E-state index contributed by atoms with van der Waals surface area (Å²) < 4.78 is 42.9. The van der Waals surface area contributed by atoms with Gasteiger partial charge in [0.25, 0.3) is 0 Å². The van der Waals surface area contributed by atoms with Crippen LogP contribution in [0.15, 0.2) is 77.9 Å². The van der Waals surface area contributed by atoms with E-state index in [1.807, 2.05) is 45.0 Å². The Morgan fingerprint density at radius 2 is 1.57 bits per heavy atom. The first-order valence-electron chi connectivity index (χ1n) is 15.3. The van der Waals surface area contributed by atoms with E-state index in [0.717, 1.165) is 61.5 Å². The molecular formula is C34H39F2N5O3. The van der Waals surface area contributed by atoms with E-state index in [0.29, 0.717) is 25.2 Å². The first-order chi connectivity index (χ1) is 21.2. The monoisotopic (exact) mass is 603 g/mol. The van der Waals surface area contributed by atoms with Crippen LogP contribution >= 0.6 is 0 Å². The molecule has 0 N–H and O–H groups in total. The number of halogens is 2. The second-order valence-electron chi connectivity index (χ2n) is 12.0. The Kier molecular flexibility index (Phi) is 8.44. The molecule has 0 bridgehead atoms. The van der Waals surface area contributed by atoms with Crippen molar-refractivity contribution >= 4 is 11.4 Å². The molecule has 3 heterocycles. The zero-order valence-corrected chi connectivity index (χ0v) is 25.5.